The summed E-state index contributed by atoms with van der Waals surface area (Å²) in [6.07, 6.45) is 10.7. The van der Waals surface area contributed by atoms with E-state index in [0.717, 1.165) is 38.9 Å². The number of aromatic nitrogens is 1. The first-order valence-electron chi connectivity index (χ1n) is 12.2. The molecule has 0 spiro atoms. The summed E-state index contributed by atoms with van der Waals surface area (Å²) in [5.41, 5.74) is 0.842. The highest BCUT2D eigenvalue weighted by Gasteiger charge is 2.30. The second kappa shape index (κ2) is 11.6. The second-order valence-corrected chi connectivity index (χ2v) is 10.1. The van der Waals surface area contributed by atoms with Gasteiger partial charge in [0, 0.05) is 44.0 Å². The van der Waals surface area contributed by atoms with Gasteiger partial charge in [-0.25, -0.2) is 4.79 Å². The maximum atomic E-state index is 12.5. The van der Waals surface area contributed by atoms with Crippen molar-refractivity contribution in [3.8, 4) is 0 Å². The fraction of sp³-hybridized carbons (Fsp3) is 0.720. The van der Waals surface area contributed by atoms with Crippen molar-refractivity contribution in [3.63, 3.8) is 0 Å². The van der Waals surface area contributed by atoms with Crippen LogP contribution in [-0.2, 0) is 9.53 Å². The van der Waals surface area contributed by atoms with Gasteiger partial charge in [0.05, 0.1) is 0 Å². The zero-order valence-electron chi connectivity index (χ0n) is 20.0. The summed E-state index contributed by atoms with van der Waals surface area (Å²) in [6.45, 7) is 9.79. The summed E-state index contributed by atoms with van der Waals surface area (Å²) in [7, 11) is 0. The van der Waals surface area contributed by atoms with Gasteiger partial charge in [0.2, 0.25) is 5.91 Å². The smallest absolute Gasteiger partial charge is 0.410 e. The van der Waals surface area contributed by atoms with Crippen LogP contribution in [0, 0.1) is 5.92 Å². The Balaban J connectivity index is 1.26. The Labute approximate surface area is 192 Å². The number of ether oxygens (including phenoxy) is 1. The van der Waals surface area contributed by atoms with Crippen LogP contribution in [0.15, 0.2) is 24.5 Å². The molecule has 1 atom stereocenters. The monoisotopic (exact) mass is 444 g/mol. The molecule has 0 bridgehead atoms. The summed E-state index contributed by atoms with van der Waals surface area (Å²) in [6, 6.07) is 4.72. The van der Waals surface area contributed by atoms with E-state index >= 15 is 0 Å². The molecule has 0 unspecified atom stereocenters. The van der Waals surface area contributed by atoms with Crippen molar-refractivity contribution in [2.75, 3.05) is 32.7 Å². The van der Waals surface area contributed by atoms with E-state index in [2.05, 4.69) is 21.3 Å². The van der Waals surface area contributed by atoms with E-state index in [1.54, 1.807) is 4.90 Å². The molecule has 7 heteroatoms. The lowest BCUT2D eigenvalue weighted by Crippen LogP contribution is -2.45. The third-order valence-corrected chi connectivity index (χ3v) is 6.37. The van der Waals surface area contributed by atoms with Gasteiger partial charge in [-0.05, 0) is 84.0 Å². The van der Waals surface area contributed by atoms with Crippen LogP contribution in [0.25, 0.3) is 0 Å². The molecule has 32 heavy (non-hydrogen) atoms. The maximum absolute atomic E-state index is 12.5. The minimum absolute atomic E-state index is 0.00136. The number of hydrogen-bond acceptors (Lipinski definition) is 5. The van der Waals surface area contributed by atoms with Crippen molar-refractivity contribution in [1.29, 1.82) is 0 Å². The van der Waals surface area contributed by atoms with Crippen LogP contribution >= 0.6 is 0 Å². The van der Waals surface area contributed by atoms with Crippen LogP contribution in [0.4, 0.5) is 4.79 Å². The van der Waals surface area contributed by atoms with Crippen LogP contribution in [0.3, 0.4) is 0 Å². The van der Waals surface area contributed by atoms with Crippen LogP contribution in [0.1, 0.15) is 77.3 Å². The molecule has 0 radical (unpaired) electrons. The molecule has 1 N–H and O–H groups in total. The molecule has 2 fully saturated rings. The van der Waals surface area contributed by atoms with Gasteiger partial charge in [0.25, 0.3) is 0 Å². The number of nitrogens with one attached hydrogen (secondary N) is 1. The van der Waals surface area contributed by atoms with E-state index in [-0.39, 0.29) is 17.9 Å². The molecule has 0 saturated carbocycles. The minimum atomic E-state index is -0.486. The SMILES string of the molecule is CC(C)(C)OC(=O)N1CCC(C(=O)NCCCCCN2CCC[C@H]2c2cccnc2)CC1. The standard InChI is InChI=1S/C25H40N4O3/c1-25(2,3)32-24(31)29-17-11-20(12-18-29)23(30)27-14-5-4-6-15-28-16-8-10-22(28)21-9-7-13-26-19-21/h7,9,13,19-20,22H,4-6,8,10-12,14-18H2,1-3H3,(H,27,30)/t22-/m0/s1. The lowest BCUT2D eigenvalue weighted by molar-refractivity contribution is -0.126. The third-order valence-electron chi connectivity index (χ3n) is 6.37. The number of carbonyl (C=O) groups is 2. The molecule has 2 amide bonds. The number of pyridine rings is 1. The zero-order chi connectivity index (χ0) is 23.0. The summed E-state index contributed by atoms with van der Waals surface area (Å²) < 4.78 is 5.42. The number of hydrogen-bond donors (Lipinski definition) is 1. The van der Waals surface area contributed by atoms with Crippen molar-refractivity contribution in [1.82, 2.24) is 20.1 Å². The molecule has 7 nitrogen and oxygen atoms in total. The highest BCUT2D eigenvalue weighted by molar-refractivity contribution is 5.79. The number of amides is 2. The van der Waals surface area contributed by atoms with Crippen molar-refractivity contribution >= 4 is 12.0 Å². The van der Waals surface area contributed by atoms with Gasteiger partial charge >= 0.3 is 6.09 Å². The number of carbonyl (C=O) groups excluding carboxylic acids is 2. The third kappa shape index (κ3) is 7.47. The quantitative estimate of drug-likeness (QED) is 0.610. The van der Waals surface area contributed by atoms with Gasteiger partial charge in [-0.3, -0.25) is 14.7 Å². The van der Waals surface area contributed by atoms with Crippen molar-refractivity contribution < 1.29 is 14.3 Å². The molecule has 3 rings (SSSR count). The molecule has 1 aromatic heterocycles. The van der Waals surface area contributed by atoms with Gasteiger partial charge in [0.1, 0.15) is 5.60 Å². The molecule has 2 aliphatic heterocycles. The van der Waals surface area contributed by atoms with Crippen LogP contribution in [0.2, 0.25) is 0 Å². The summed E-state index contributed by atoms with van der Waals surface area (Å²) >= 11 is 0. The number of rotatable bonds is 8. The first kappa shape index (κ1) is 24.5. The molecule has 178 valence electrons. The Morgan fingerprint density at radius 3 is 2.59 bits per heavy atom. The van der Waals surface area contributed by atoms with Crippen LogP contribution in [-0.4, -0.2) is 65.1 Å². The number of likely N-dealkylation sites (tertiary alicyclic amines) is 2. The maximum Gasteiger partial charge on any atom is 0.410 e. The van der Waals surface area contributed by atoms with Gasteiger partial charge in [-0.15, -0.1) is 0 Å². The molecule has 3 heterocycles. The summed E-state index contributed by atoms with van der Waals surface area (Å²) in [5.74, 6) is 0.128. The average Bonchev–Trinajstić information content (AvgIpc) is 3.24. The van der Waals surface area contributed by atoms with E-state index in [4.69, 9.17) is 4.74 Å². The van der Waals surface area contributed by atoms with E-state index in [1.165, 1.54) is 18.4 Å². The predicted molar refractivity (Wildman–Crippen MR) is 125 cm³/mol. The van der Waals surface area contributed by atoms with E-state index in [9.17, 15) is 9.59 Å². The molecule has 2 aliphatic rings. The van der Waals surface area contributed by atoms with Crippen molar-refractivity contribution in [2.24, 2.45) is 5.92 Å². The first-order chi connectivity index (χ1) is 15.3. The molecule has 0 aromatic carbocycles. The van der Waals surface area contributed by atoms with Gasteiger partial charge in [-0.2, -0.15) is 0 Å². The van der Waals surface area contributed by atoms with Gasteiger partial charge in [-0.1, -0.05) is 12.5 Å². The Morgan fingerprint density at radius 2 is 1.91 bits per heavy atom. The lowest BCUT2D eigenvalue weighted by atomic mass is 9.96. The molecular weight excluding hydrogens is 404 g/mol. The van der Waals surface area contributed by atoms with E-state index in [1.807, 2.05) is 39.2 Å². The Hall–Kier alpha value is -2.15. The average molecular weight is 445 g/mol. The Kier molecular flexibility index (Phi) is 8.91. The van der Waals surface area contributed by atoms with Crippen molar-refractivity contribution in [2.45, 2.75) is 77.4 Å². The fourth-order valence-electron chi connectivity index (χ4n) is 4.67. The topological polar surface area (TPSA) is 74.8 Å². The first-order valence-corrected chi connectivity index (χ1v) is 12.2. The highest BCUT2D eigenvalue weighted by atomic mass is 16.6. The van der Waals surface area contributed by atoms with Crippen molar-refractivity contribution in [3.05, 3.63) is 30.1 Å². The number of nitrogens with zero attached hydrogens (tertiary/aromatic N) is 3. The number of unbranched alkanes of at least 4 members (excludes halogenated alkanes) is 2. The second-order valence-electron chi connectivity index (χ2n) is 10.1. The van der Waals surface area contributed by atoms with E-state index in [0.29, 0.717) is 32.0 Å². The normalized spacial score (nSPS) is 20.3. The molecule has 0 aliphatic carbocycles. The van der Waals surface area contributed by atoms with Crippen LogP contribution < -0.4 is 5.32 Å². The fourth-order valence-corrected chi connectivity index (χ4v) is 4.67. The Morgan fingerprint density at radius 1 is 1.12 bits per heavy atom. The van der Waals surface area contributed by atoms with E-state index < -0.39 is 5.60 Å². The predicted octanol–water partition coefficient (Wildman–Crippen LogP) is 4.15. The largest absolute Gasteiger partial charge is 0.444 e. The molecule has 1 aromatic rings. The highest BCUT2D eigenvalue weighted by Crippen LogP contribution is 2.31. The summed E-state index contributed by atoms with van der Waals surface area (Å²) in [5, 5.41) is 3.10. The minimum Gasteiger partial charge on any atom is -0.444 e. The summed E-state index contributed by atoms with van der Waals surface area (Å²) in [4.78, 5) is 33.2. The Bertz CT molecular complexity index is 726. The zero-order valence-corrected chi connectivity index (χ0v) is 20.0. The molecule has 2 saturated heterocycles. The molecular formula is C25H40N4O3. The number of piperidine rings is 1. The van der Waals surface area contributed by atoms with Gasteiger partial charge < -0.3 is 15.0 Å². The lowest BCUT2D eigenvalue weighted by Gasteiger charge is -2.32. The van der Waals surface area contributed by atoms with Gasteiger partial charge in [0.15, 0.2) is 0 Å². The van der Waals surface area contributed by atoms with Crippen LogP contribution in [0.5, 0.6) is 0 Å².